The number of benzene rings is 1. The third-order valence-corrected chi connectivity index (χ3v) is 6.36. The molecule has 1 saturated heterocycles. The highest BCUT2D eigenvalue weighted by molar-refractivity contribution is 14.0. The van der Waals surface area contributed by atoms with Crippen molar-refractivity contribution in [3.05, 3.63) is 46.3 Å². The fourth-order valence-corrected chi connectivity index (χ4v) is 4.18. The molecule has 9 heteroatoms. The lowest BCUT2D eigenvalue weighted by Crippen LogP contribution is -2.45. The number of hydrogen-bond donors (Lipinski definition) is 2. The zero-order valence-corrected chi connectivity index (χ0v) is 22.6. The number of rotatable bonds is 8. The predicted molar refractivity (Wildman–Crippen MR) is 143 cm³/mol. The largest absolute Gasteiger partial charge is 0.369 e. The molecule has 178 valence electrons. The summed E-state index contributed by atoms with van der Waals surface area (Å²) in [5.41, 5.74) is 3.30. The quantitative estimate of drug-likeness (QED) is 0.276. The second-order valence-corrected chi connectivity index (χ2v) is 8.45. The monoisotopic (exact) mass is 574 g/mol. The summed E-state index contributed by atoms with van der Waals surface area (Å²) in [7, 11) is 3.93. The van der Waals surface area contributed by atoms with E-state index in [0.29, 0.717) is 25.0 Å². The Morgan fingerprint density at radius 2 is 1.84 bits per heavy atom. The van der Waals surface area contributed by atoms with Crippen LogP contribution in [-0.4, -0.2) is 56.3 Å². The van der Waals surface area contributed by atoms with Crippen molar-refractivity contribution >= 4 is 47.2 Å². The van der Waals surface area contributed by atoms with Gasteiger partial charge in [-0.2, -0.15) is 0 Å². The molecule has 7 nitrogen and oxygen atoms in total. The van der Waals surface area contributed by atoms with Crippen LogP contribution >= 0.6 is 35.6 Å². The smallest absolute Gasteiger partial charge is 0.191 e. The lowest BCUT2D eigenvalue weighted by atomic mass is 9.99. The van der Waals surface area contributed by atoms with Crippen molar-refractivity contribution in [2.75, 3.05) is 45.2 Å². The number of anilines is 1. The minimum atomic E-state index is 0. The Balaban J connectivity index is 0.00000363. The number of halogens is 2. The summed E-state index contributed by atoms with van der Waals surface area (Å²) in [6, 6.07) is 8.16. The zero-order chi connectivity index (χ0) is 22.2. The molecular weight excluding hydrogens is 539 g/mol. The molecule has 32 heavy (non-hydrogen) atoms. The zero-order valence-electron chi connectivity index (χ0n) is 19.5. The van der Waals surface area contributed by atoms with E-state index in [0.717, 1.165) is 61.1 Å². The molecule has 1 aromatic carbocycles. The van der Waals surface area contributed by atoms with Crippen LogP contribution in [0, 0.1) is 0 Å². The SMILES string of the molecule is CCC(CC)c1cc(CNC(=NC)NCc2c(Cl)cccc2N2CCN(C)CC2)on1.I. The molecule has 0 unspecified atom stereocenters. The Bertz CT molecular complexity index is 862. The number of nitrogens with zero attached hydrogens (tertiary/aromatic N) is 4. The molecule has 3 rings (SSSR count). The van der Waals surface area contributed by atoms with E-state index in [9.17, 15) is 0 Å². The van der Waals surface area contributed by atoms with Gasteiger partial charge in [0.1, 0.15) is 0 Å². The maximum Gasteiger partial charge on any atom is 0.191 e. The molecule has 1 aliphatic heterocycles. The minimum Gasteiger partial charge on any atom is -0.369 e. The predicted octanol–water partition coefficient (Wildman–Crippen LogP) is 4.47. The maximum absolute atomic E-state index is 6.58. The van der Waals surface area contributed by atoms with Crippen LogP contribution in [-0.2, 0) is 13.1 Å². The summed E-state index contributed by atoms with van der Waals surface area (Å²) in [5.74, 6) is 1.95. The maximum atomic E-state index is 6.58. The van der Waals surface area contributed by atoms with E-state index in [1.54, 1.807) is 7.05 Å². The third kappa shape index (κ3) is 6.99. The van der Waals surface area contributed by atoms with Gasteiger partial charge in [-0.15, -0.1) is 24.0 Å². The van der Waals surface area contributed by atoms with Gasteiger partial charge in [-0.25, -0.2) is 0 Å². The normalized spacial score (nSPS) is 15.1. The average molecular weight is 575 g/mol. The van der Waals surface area contributed by atoms with Gasteiger partial charge >= 0.3 is 0 Å². The molecule has 2 heterocycles. The molecule has 0 saturated carbocycles. The van der Waals surface area contributed by atoms with Crippen molar-refractivity contribution in [2.24, 2.45) is 4.99 Å². The fraction of sp³-hybridized carbons (Fsp3) is 0.565. The van der Waals surface area contributed by atoms with E-state index in [1.165, 1.54) is 5.69 Å². The van der Waals surface area contributed by atoms with Crippen molar-refractivity contribution in [2.45, 2.75) is 45.7 Å². The third-order valence-electron chi connectivity index (χ3n) is 6.01. The molecule has 2 aromatic rings. The average Bonchev–Trinajstić information content (AvgIpc) is 3.25. The first-order chi connectivity index (χ1) is 15.0. The number of hydrogen-bond acceptors (Lipinski definition) is 5. The van der Waals surface area contributed by atoms with E-state index in [-0.39, 0.29) is 24.0 Å². The minimum absolute atomic E-state index is 0. The van der Waals surface area contributed by atoms with Gasteiger partial charge in [0.25, 0.3) is 0 Å². The molecule has 1 aromatic heterocycles. The summed E-state index contributed by atoms with van der Waals surface area (Å²) in [6.45, 7) is 9.59. The van der Waals surface area contributed by atoms with Gasteiger partial charge in [-0.05, 0) is 32.0 Å². The number of guanidine groups is 1. The van der Waals surface area contributed by atoms with Crippen LogP contribution in [0.1, 0.15) is 49.6 Å². The Hall–Kier alpha value is -1.52. The van der Waals surface area contributed by atoms with Crippen molar-refractivity contribution in [1.29, 1.82) is 0 Å². The highest BCUT2D eigenvalue weighted by Gasteiger charge is 2.19. The highest BCUT2D eigenvalue weighted by Crippen LogP contribution is 2.28. The van der Waals surface area contributed by atoms with Crippen LogP contribution in [0.3, 0.4) is 0 Å². The molecular formula is C23H36ClIN6O. The van der Waals surface area contributed by atoms with Crippen LogP contribution in [0.5, 0.6) is 0 Å². The molecule has 0 spiro atoms. The molecule has 2 N–H and O–H groups in total. The van der Waals surface area contributed by atoms with Crippen molar-refractivity contribution in [3.8, 4) is 0 Å². The Labute approximate surface area is 214 Å². The molecule has 0 atom stereocenters. The molecule has 0 radical (unpaired) electrons. The summed E-state index contributed by atoms with van der Waals surface area (Å²) in [6.07, 6.45) is 2.12. The van der Waals surface area contributed by atoms with Crippen molar-refractivity contribution in [3.63, 3.8) is 0 Å². The second-order valence-electron chi connectivity index (χ2n) is 8.04. The van der Waals surface area contributed by atoms with E-state index in [2.05, 4.69) is 57.5 Å². The van der Waals surface area contributed by atoms with Crippen LogP contribution in [0.4, 0.5) is 5.69 Å². The summed E-state index contributed by atoms with van der Waals surface area (Å²) >= 11 is 6.58. The number of aromatic nitrogens is 1. The Morgan fingerprint density at radius 3 is 2.50 bits per heavy atom. The van der Waals surface area contributed by atoms with Crippen LogP contribution in [0.15, 0.2) is 33.8 Å². The van der Waals surface area contributed by atoms with Crippen molar-refractivity contribution < 1.29 is 4.52 Å². The lowest BCUT2D eigenvalue weighted by molar-refractivity contribution is 0.312. The van der Waals surface area contributed by atoms with E-state index >= 15 is 0 Å². The van der Waals surface area contributed by atoms with E-state index in [4.69, 9.17) is 16.1 Å². The van der Waals surface area contributed by atoms with Gasteiger partial charge in [0.15, 0.2) is 11.7 Å². The summed E-state index contributed by atoms with van der Waals surface area (Å²) in [5, 5.41) is 11.7. The summed E-state index contributed by atoms with van der Waals surface area (Å²) < 4.78 is 5.51. The number of piperazine rings is 1. The van der Waals surface area contributed by atoms with Gasteiger partial charge in [0.2, 0.25) is 0 Å². The van der Waals surface area contributed by atoms with Crippen LogP contribution < -0.4 is 15.5 Å². The highest BCUT2D eigenvalue weighted by atomic mass is 127. The summed E-state index contributed by atoms with van der Waals surface area (Å²) in [4.78, 5) is 9.10. The van der Waals surface area contributed by atoms with Gasteiger partial charge in [0.05, 0.1) is 12.2 Å². The molecule has 1 fully saturated rings. The molecule has 0 aliphatic carbocycles. The molecule has 0 bridgehead atoms. The standard InChI is InChI=1S/C23H35ClN6O.HI/c1-5-17(6-2)21-14-18(31-28-21)15-26-23(25-3)27-16-19-20(24)8-7-9-22(19)30-12-10-29(4)11-13-30;/h7-9,14,17H,5-6,10-13,15-16H2,1-4H3,(H2,25,26,27);1H. The topological polar surface area (TPSA) is 68.9 Å². The number of likely N-dealkylation sites (N-methyl/N-ethyl adjacent to an activating group) is 1. The lowest BCUT2D eigenvalue weighted by Gasteiger charge is -2.35. The fourth-order valence-electron chi connectivity index (χ4n) is 3.94. The Kier molecular flexibility index (Phi) is 11.1. The van der Waals surface area contributed by atoms with Gasteiger partial charge in [-0.1, -0.05) is 36.7 Å². The molecule has 1 aliphatic rings. The van der Waals surface area contributed by atoms with Crippen LogP contribution in [0.25, 0.3) is 0 Å². The Morgan fingerprint density at radius 1 is 1.16 bits per heavy atom. The van der Waals surface area contributed by atoms with E-state index < -0.39 is 0 Å². The van der Waals surface area contributed by atoms with Gasteiger partial charge in [-0.3, -0.25) is 4.99 Å². The van der Waals surface area contributed by atoms with Gasteiger partial charge in [0, 0.05) is 68.0 Å². The molecule has 0 amide bonds. The second kappa shape index (κ2) is 13.3. The first kappa shape index (κ1) is 26.7. The van der Waals surface area contributed by atoms with Crippen molar-refractivity contribution in [1.82, 2.24) is 20.7 Å². The first-order valence-corrected chi connectivity index (χ1v) is 11.5. The first-order valence-electron chi connectivity index (χ1n) is 11.2. The van der Waals surface area contributed by atoms with Crippen LogP contribution in [0.2, 0.25) is 5.02 Å². The van der Waals surface area contributed by atoms with Gasteiger partial charge < -0.3 is 25.0 Å². The number of nitrogens with one attached hydrogen (secondary N) is 2. The van der Waals surface area contributed by atoms with E-state index in [1.807, 2.05) is 18.2 Å². The number of aliphatic imine (C=N–C) groups is 1.